The van der Waals surface area contributed by atoms with Crippen molar-refractivity contribution in [3.05, 3.63) is 53.6 Å². The second-order valence-electron chi connectivity index (χ2n) is 13.2. The monoisotopic (exact) mass is 526 g/mol. The summed E-state index contributed by atoms with van der Waals surface area (Å²) in [5, 5.41) is 0. The van der Waals surface area contributed by atoms with Gasteiger partial charge in [-0.15, -0.1) is 0 Å². The predicted molar refractivity (Wildman–Crippen MR) is 158 cm³/mol. The molecular weight excluding hydrogens is 480 g/mol. The van der Waals surface area contributed by atoms with Gasteiger partial charge in [-0.25, -0.2) is 0 Å². The van der Waals surface area contributed by atoms with Crippen LogP contribution in [0.4, 0.5) is 5.69 Å². The lowest BCUT2D eigenvalue weighted by molar-refractivity contribution is -0.142. The van der Waals surface area contributed by atoms with Gasteiger partial charge in [0, 0.05) is 38.0 Å². The van der Waals surface area contributed by atoms with Crippen LogP contribution in [0, 0.1) is 5.41 Å². The molecule has 4 nitrogen and oxygen atoms in total. The summed E-state index contributed by atoms with van der Waals surface area (Å²) in [6, 6.07) is 17.5. The van der Waals surface area contributed by atoms with Crippen molar-refractivity contribution in [2.75, 3.05) is 31.1 Å². The number of rotatable bonds is 4. The zero-order valence-electron chi connectivity index (χ0n) is 23.7. The van der Waals surface area contributed by atoms with Crippen molar-refractivity contribution in [2.24, 2.45) is 5.41 Å². The summed E-state index contributed by atoms with van der Waals surface area (Å²) in [4.78, 5) is 17.6. The van der Waals surface area contributed by atoms with Gasteiger partial charge in [0.25, 0.3) is 5.91 Å². The second-order valence-corrected chi connectivity index (χ2v) is 13.2. The number of ether oxygens (including phenoxy) is 1. The first kappa shape index (κ1) is 25.6. The maximum atomic E-state index is 12.8. The first-order chi connectivity index (χ1) is 19.2. The van der Waals surface area contributed by atoms with E-state index >= 15 is 0 Å². The maximum Gasteiger partial charge on any atom is 0.251 e. The number of fused-ring (bicyclic) bond motifs is 1. The number of anilines is 1. The van der Waals surface area contributed by atoms with Crippen molar-refractivity contribution in [3.63, 3.8) is 0 Å². The summed E-state index contributed by atoms with van der Waals surface area (Å²) in [6.07, 6.45) is 17.6. The van der Waals surface area contributed by atoms with Crippen LogP contribution in [0.2, 0.25) is 0 Å². The lowest BCUT2D eigenvalue weighted by Gasteiger charge is -2.39. The Bertz CT molecular complexity index is 1150. The van der Waals surface area contributed by atoms with E-state index in [0.29, 0.717) is 11.3 Å². The van der Waals surface area contributed by atoms with Crippen molar-refractivity contribution in [2.45, 2.75) is 108 Å². The zero-order valence-corrected chi connectivity index (χ0v) is 23.7. The number of nitrogens with zero attached hydrogens (tertiary/aromatic N) is 2. The van der Waals surface area contributed by atoms with E-state index in [2.05, 4.69) is 52.3 Å². The standard InChI is InChI=1S/C35H46N2O2/c38-34(33-11-7-23-39-33)36-21-18-35(19-22-36)25-31(35)27-14-12-26(13-15-27)29-17-16-28-8-6-20-37(32(28)24-29)30-9-4-2-1-3-5-10-30/h12-17,24,30-31,33H,1-11,18-23,25H2/t31-,33+/m0/s1. The molecule has 4 heteroatoms. The molecule has 0 aromatic heterocycles. The van der Waals surface area contributed by atoms with Crippen molar-refractivity contribution in [1.29, 1.82) is 0 Å². The number of piperidine rings is 1. The summed E-state index contributed by atoms with van der Waals surface area (Å²) in [5.41, 5.74) is 7.68. The molecule has 2 atom stereocenters. The quantitative estimate of drug-likeness (QED) is 0.414. The molecule has 39 heavy (non-hydrogen) atoms. The third kappa shape index (κ3) is 5.14. The van der Waals surface area contributed by atoms with Crippen LogP contribution in [-0.2, 0) is 16.0 Å². The van der Waals surface area contributed by atoms with Gasteiger partial charge in [0.1, 0.15) is 6.10 Å². The number of carbonyl (C=O) groups is 1. The Morgan fingerprint density at radius 2 is 1.54 bits per heavy atom. The normalized spacial score (nSPS) is 27.2. The van der Waals surface area contributed by atoms with Crippen LogP contribution in [0.15, 0.2) is 42.5 Å². The van der Waals surface area contributed by atoms with Crippen molar-refractivity contribution < 1.29 is 9.53 Å². The number of carbonyl (C=O) groups excluding carboxylic acids is 1. The Balaban J connectivity index is 1.02. The molecule has 7 rings (SSSR count). The average molecular weight is 527 g/mol. The smallest absolute Gasteiger partial charge is 0.251 e. The highest BCUT2D eigenvalue weighted by Crippen LogP contribution is 2.65. The molecule has 3 heterocycles. The lowest BCUT2D eigenvalue weighted by Crippen LogP contribution is -2.44. The van der Waals surface area contributed by atoms with E-state index in [4.69, 9.17) is 4.74 Å². The Morgan fingerprint density at radius 3 is 2.28 bits per heavy atom. The Labute approximate surface area is 235 Å². The van der Waals surface area contributed by atoms with Gasteiger partial charge < -0.3 is 14.5 Å². The summed E-state index contributed by atoms with van der Waals surface area (Å²) < 4.78 is 5.66. The van der Waals surface area contributed by atoms with Crippen LogP contribution < -0.4 is 4.90 Å². The number of likely N-dealkylation sites (tertiary alicyclic amines) is 1. The van der Waals surface area contributed by atoms with Crippen molar-refractivity contribution in [3.8, 4) is 11.1 Å². The molecule has 5 aliphatic rings. The van der Waals surface area contributed by atoms with E-state index in [-0.39, 0.29) is 12.0 Å². The first-order valence-corrected chi connectivity index (χ1v) is 16.1. The van der Waals surface area contributed by atoms with Crippen molar-refractivity contribution in [1.82, 2.24) is 4.90 Å². The van der Waals surface area contributed by atoms with E-state index in [1.165, 1.54) is 93.1 Å². The van der Waals surface area contributed by atoms with Crippen LogP contribution in [0.1, 0.15) is 101 Å². The molecule has 4 fully saturated rings. The van der Waals surface area contributed by atoms with Gasteiger partial charge in [0.15, 0.2) is 0 Å². The van der Waals surface area contributed by atoms with Gasteiger partial charge in [-0.1, -0.05) is 68.5 Å². The third-order valence-corrected chi connectivity index (χ3v) is 10.9. The Kier molecular flexibility index (Phi) is 7.17. The molecule has 2 saturated carbocycles. The van der Waals surface area contributed by atoms with E-state index in [1.54, 1.807) is 5.56 Å². The molecule has 0 unspecified atom stereocenters. The fraction of sp³-hybridized carbons (Fsp3) is 0.629. The van der Waals surface area contributed by atoms with Gasteiger partial charge in [-0.05, 0) is 97.4 Å². The molecule has 1 amide bonds. The lowest BCUT2D eigenvalue weighted by atomic mass is 9.88. The molecule has 2 aromatic carbocycles. The fourth-order valence-corrected chi connectivity index (χ4v) is 8.34. The topological polar surface area (TPSA) is 32.8 Å². The minimum Gasteiger partial charge on any atom is -0.368 e. The molecule has 0 radical (unpaired) electrons. The Morgan fingerprint density at radius 1 is 0.795 bits per heavy atom. The van der Waals surface area contributed by atoms with Crippen LogP contribution in [0.5, 0.6) is 0 Å². The van der Waals surface area contributed by atoms with E-state index < -0.39 is 0 Å². The molecule has 2 aliphatic carbocycles. The van der Waals surface area contributed by atoms with Crippen LogP contribution in [0.25, 0.3) is 11.1 Å². The van der Waals surface area contributed by atoms with E-state index in [9.17, 15) is 4.79 Å². The summed E-state index contributed by atoms with van der Waals surface area (Å²) >= 11 is 0. The van der Waals surface area contributed by atoms with Gasteiger partial charge >= 0.3 is 0 Å². The largest absolute Gasteiger partial charge is 0.368 e. The zero-order chi connectivity index (χ0) is 26.2. The SMILES string of the molecule is O=C([C@H]1CCCO1)N1CCC2(CC1)C[C@H]2c1ccc(-c2ccc3c(c2)N(C2CCCCCCC2)CCC3)cc1. The molecule has 0 bridgehead atoms. The number of benzene rings is 2. The highest BCUT2D eigenvalue weighted by molar-refractivity contribution is 5.81. The number of hydrogen-bond acceptors (Lipinski definition) is 3. The molecule has 2 aromatic rings. The number of amides is 1. The van der Waals surface area contributed by atoms with Crippen LogP contribution >= 0.6 is 0 Å². The first-order valence-electron chi connectivity index (χ1n) is 16.1. The molecular formula is C35H46N2O2. The minimum absolute atomic E-state index is 0.172. The summed E-state index contributed by atoms with van der Waals surface area (Å²) in [7, 11) is 0. The maximum absolute atomic E-state index is 12.8. The average Bonchev–Trinajstić information content (AvgIpc) is 3.37. The molecule has 3 aliphatic heterocycles. The van der Waals surface area contributed by atoms with Gasteiger partial charge in [0.05, 0.1) is 0 Å². The van der Waals surface area contributed by atoms with Gasteiger partial charge in [-0.3, -0.25) is 4.79 Å². The number of hydrogen-bond donors (Lipinski definition) is 0. The highest BCUT2D eigenvalue weighted by Gasteiger charge is 2.55. The fourth-order valence-electron chi connectivity index (χ4n) is 8.34. The number of aryl methyl sites for hydroxylation is 1. The highest BCUT2D eigenvalue weighted by atomic mass is 16.5. The minimum atomic E-state index is -0.172. The Hall–Kier alpha value is -2.33. The van der Waals surface area contributed by atoms with Crippen LogP contribution in [0.3, 0.4) is 0 Å². The molecule has 1 spiro atoms. The van der Waals surface area contributed by atoms with E-state index in [1.807, 2.05) is 0 Å². The molecule has 2 saturated heterocycles. The van der Waals surface area contributed by atoms with Gasteiger partial charge in [-0.2, -0.15) is 0 Å². The summed E-state index contributed by atoms with van der Waals surface area (Å²) in [5.74, 6) is 0.895. The second kappa shape index (κ2) is 10.9. The molecule has 0 N–H and O–H groups in total. The van der Waals surface area contributed by atoms with Crippen LogP contribution in [-0.4, -0.2) is 49.2 Å². The van der Waals surface area contributed by atoms with Crippen molar-refractivity contribution >= 4 is 11.6 Å². The van der Waals surface area contributed by atoms with Gasteiger partial charge in [0.2, 0.25) is 0 Å². The predicted octanol–water partition coefficient (Wildman–Crippen LogP) is 7.49. The third-order valence-electron chi connectivity index (χ3n) is 10.9. The summed E-state index contributed by atoms with van der Waals surface area (Å²) in [6.45, 7) is 3.77. The molecule has 208 valence electrons. The van der Waals surface area contributed by atoms with E-state index in [0.717, 1.165) is 51.4 Å².